The summed E-state index contributed by atoms with van der Waals surface area (Å²) in [6.07, 6.45) is 6.51. The largest absolute Gasteiger partial charge is 0.480 e. The number of carboxylic acid groups (broad SMARTS) is 1. The second-order valence-electron chi connectivity index (χ2n) is 7.74. The first kappa shape index (κ1) is 21.1. The third-order valence-electron chi connectivity index (χ3n) is 5.82. The van der Waals surface area contributed by atoms with Gasteiger partial charge in [0.25, 0.3) is 5.56 Å². The molecule has 29 heavy (non-hydrogen) atoms. The second-order valence-corrected chi connectivity index (χ2v) is 7.74. The van der Waals surface area contributed by atoms with Crippen molar-refractivity contribution < 1.29 is 14.3 Å². The van der Waals surface area contributed by atoms with Crippen LogP contribution in [0, 0.1) is 5.82 Å². The molecule has 0 aliphatic heterocycles. The number of hydrogen-bond donors (Lipinski definition) is 2. The SMILES string of the molecule is CCC(CC)n1c(=O)n(CC(=O)O)c(=O)c2cc(F)c(NC3CCCCC3)cc21. The lowest BCUT2D eigenvalue weighted by atomic mass is 9.95. The van der Waals surface area contributed by atoms with Crippen LogP contribution in [0.25, 0.3) is 10.9 Å². The van der Waals surface area contributed by atoms with Crippen molar-refractivity contribution >= 4 is 22.6 Å². The Morgan fingerprint density at radius 1 is 1.21 bits per heavy atom. The van der Waals surface area contributed by atoms with Crippen LogP contribution in [0.15, 0.2) is 21.7 Å². The standard InChI is InChI=1S/C21H28FN3O4/c1-3-14(4-2)25-18-11-17(23-13-8-6-5-7-9-13)16(22)10-15(18)20(28)24(21(25)29)12-19(26)27/h10-11,13-14,23H,3-9,12H2,1-2H3,(H,26,27). The van der Waals surface area contributed by atoms with E-state index in [2.05, 4.69) is 5.32 Å². The molecule has 8 heteroatoms. The zero-order valence-corrected chi connectivity index (χ0v) is 16.9. The molecule has 1 saturated carbocycles. The molecule has 1 fully saturated rings. The van der Waals surface area contributed by atoms with Crippen molar-refractivity contribution in [3.05, 3.63) is 38.8 Å². The Balaban J connectivity index is 2.23. The summed E-state index contributed by atoms with van der Waals surface area (Å²) in [4.78, 5) is 37.0. The molecule has 2 N–H and O–H groups in total. The van der Waals surface area contributed by atoms with Gasteiger partial charge in [0.2, 0.25) is 0 Å². The summed E-state index contributed by atoms with van der Waals surface area (Å²) >= 11 is 0. The lowest BCUT2D eigenvalue weighted by molar-refractivity contribution is -0.137. The van der Waals surface area contributed by atoms with Gasteiger partial charge >= 0.3 is 11.7 Å². The molecule has 0 atom stereocenters. The van der Waals surface area contributed by atoms with Crippen LogP contribution in [-0.2, 0) is 11.3 Å². The van der Waals surface area contributed by atoms with E-state index in [1.54, 1.807) is 0 Å². The highest BCUT2D eigenvalue weighted by Crippen LogP contribution is 2.27. The number of hydrogen-bond acceptors (Lipinski definition) is 4. The van der Waals surface area contributed by atoms with Crippen LogP contribution in [0.4, 0.5) is 10.1 Å². The first-order valence-electron chi connectivity index (χ1n) is 10.3. The third kappa shape index (κ3) is 4.21. The number of benzene rings is 1. The fourth-order valence-corrected chi connectivity index (χ4v) is 4.26. The Bertz CT molecular complexity index is 1020. The summed E-state index contributed by atoms with van der Waals surface area (Å²) in [6, 6.07) is 2.60. The van der Waals surface area contributed by atoms with Crippen molar-refractivity contribution in [3.8, 4) is 0 Å². The Labute approximate surface area is 168 Å². The molecule has 0 spiro atoms. The van der Waals surface area contributed by atoms with Gasteiger partial charge in [0.15, 0.2) is 0 Å². The highest BCUT2D eigenvalue weighted by Gasteiger charge is 2.22. The average Bonchev–Trinajstić information content (AvgIpc) is 2.70. The molecule has 1 heterocycles. The minimum Gasteiger partial charge on any atom is -0.480 e. The summed E-state index contributed by atoms with van der Waals surface area (Å²) in [5, 5.41) is 12.4. The number of nitrogens with one attached hydrogen (secondary N) is 1. The van der Waals surface area contributed by atoms with Gasteiger partial charge in [0.1, 0.15) is 12.4 Å². The molecule has 0 saturated heterocycles. The number of carboxylic acids is 1. The van der Waals surface area contributed by atoms with E-state index in [-0.39, 0.29) is 23.2 Å². The minimum atomic E-state index is -1.30. The maximum atomic E-state index is 14.8. The van der Waals surface area contributed by atoms with Gasteiger partial charge in [-0.05, 0) is 37.8 Å². The van der Waals surface area contributed by atoms with Crippen molar-refractivity contribution in [1.82, 2.24) is 9.13 Å². The fraction of sp³-hybridized carbons (Fsp3) is 0.571. The van der Waals surface area contributed by atoms with Gasteiger partial charge in [-0.2, -0.15) is 0 Å². The van der Waals surface area contributed by atoms with Crippen LogP contribution in [0.2, 0.25) is 0 Å². The predicted molar refractivity (Wildman–Crippen MR) is 110 cm³/mol. The van der Waals surface area contributed by atoms with Crippen LogP contribution >= 0.6 is 0 Å². The first-order valence-corrected chi connectivity index (χ1v) is 10.3. The molecule has 7 nitrogen and oxygen atoms in total. The topological polar surface area (TPSA) is 93.3 Å². The molecule has 0 radical (unpaired) electrons. The van der Waals surface area contributed by atoms with E-state index in [0.717, 1.165) is 31.7 Å². The molecule has 3 rings (SSSR count). The van der Waals surface area contributed by atoms with Gasteiger partial charge in [-0.15, -0.1) is 0 Å². The van der Waals surface area contributed by atoms with Gasteiger partial charge in [-0.1, -0.05) is 33.1 Å². The quantitative estimate of drug-likeness (QED) is 0.735. The van der Waals surface area contributed by atoms with E-state index < -0.39 is 29.6 Å². The Hall–Kier alpha value is -2.64. The van der Waals surface area contributed by atoms with Crippen LogP contribution in [-0.4, -0.2) is 26.3 Å². The molecule has 0 bridgehead atoms. The number of aliphatic carboxylic acids is 1. The highest BCUT2D eigenvalue weighted by atomic mass is 19.1. The van der Waals surface area contributed by atoms with E-state index in [0.29, 0.717) is 22.9 Å². The number of nitrogens with zero attached hydrogens (tertiary/aromatic N) is 2. The lowest BCUT2D eigenvalue weighted by Gasteiger charge is -2.25. The van der Waals surface area contributed by atoms with Crippen LogP contribution in [0.5, 0.6) is 0 Å². The van der Waals surface area contributed by atoms with Crippen LogP contribution in [0.1, 0.15) is 64.8 Å². The van der Waals surface area contributed by atoms with Gasteiger partial charge in [0.05, 0.1) is 16.6 Å². The fourth-order valence-electron chi connectivity index (χ4n) is 4.26. The van der Waals surface area contributed by atoms with Gasteiger partial charge in [-0.3, -0.25) is 14.2 Å². The van der Waals surface area contributed by atoms with E-state index in [9.17, 15) is 18.8 Å². The summed E-state index contributed by atoms with van der Waals surface area (Å²) in [5.74, 6) is -1.87. The Kier molecular flexibility index (Phi) is 6.39. The van der Waals surface area contributed by atoms with Crippen molar-refractivity contribution in [1.29, 1.82) is 0 Å². The van der Waals surface area contributed by atoms with E-state index >= 15 is 0 Å². The number of rotatable bonds is 7. The lowest BCUT2D eigenvalue weighted by Crippen LogP contribution is -2.43. The molecule has 1 aliphatic rings. The summed E-state index contributed by atoms with van der Waals surface area (Å²) in [5.41, 5.74) is -0.833. The second kappa shape index (κ2) is 8.80. The van der Waals surface area contributed by atoms with Crippen molar-refractivity contribution in [2.45, 2.75) is 77.4 Å². The molecular formula is C21H28FN3O4. The Morgan fingerprint density at radius 3 is 2.45 bits per heavy atom. The summed E-state index contributed by atoms with van der Waals surface area (Å²) in [7, 11) is 0. The van der Waals surface area contributed by atoms with Crippen LogP contribution < -0.4 is 16.6 Å². The molecule has 158 valence electrons. The smallest absolute Gasteiger partial charge is 0.332 e. The average molecular weight is 405 g/mol. The summed E-state index contributed by atoms with van der Waals surface area (Å²) in [6.45, 7) is 3.09. The van der Waals surface area contributed by atoms with Crippen molar-refractivity contribution in [3.63, 3.8) is 0 Å². The zero-order valence-electron chi connectivity index (χ0n) is 16.9. The van der Waals surface area contributed by atoms with E-state index in [4.69, 9.17) is 5.11 Å². The maximum absolute atomic E-state index is 14.8. The monoisotopic (exact) mass is 405 g/mol. The molecule has 2 aromatic rings. The number of halogens is 1. The Morgan fingerprint density at radius 2 is 1.86 bits per heavy atom. The third-order valence-corrected chi connectivity index (χ3v) is 5.82. The summed E-state index contributed by atoms with van der Waals surface area (Å²) < 4.78 is 17.0. The zero-order chi connectivity index (χ0) is 21.1. The van der Waals surface area contributed by atoms with Gasteiger partial charge in [0, 0.05) is 12.1 Å². The normalized spacial score (nSPS) is 15.2. The predicted octanol–water partition coefficient (Wildman–Crippen LogP) is 3.49. The number of aromatic nitrogens is 2. The van der Waals surface area contributed by atoms with Gasteiger partial charge < -0.3 is 10.4 Å². The van der Waals surface area contributed by atoms with Crippen molar-refractivity contribution in [2.24, 2.45) is 0 Å². The van der Waals surface area contributed by atoms with Gasteiger partial charge in [-0.25, -0.2) is 13.8 Å². The molecule has 1 aromatic heterocycles. The van der Waals surface area contributed by atoms with Crippen molar-refractivity contribution in [2.75, 3.05) is 5.32 Å². The molecule has 0 amide bonds. The maximum Gasteiger partial charge on any atom is 0.332 e. The highest BCUT2D eigenvalue weighted by molar-refractivity contribution is 5.82. The molecule has 1 aliphatic carbocycles. The molecule has 1 aromatic carbocycles. The number of fused-ring (bicyclic) bond motifs is 1. The van der Waals surface area contributed by atoms with Crippen LogP contribution in [0.3, 0.4) is 0 Å². The molecule has 0 unspecified atom stereocenters. The number of anilines is 1. The number of carbonyl (C=O) groups is 1. The van der Waals surface area contributed by atoms with E-state index in [1.807, 2.05) is 13.8 Å². The molecular weight excluding hydrogens is 377 g/mol. The van der Waals surface area contributed by atoms with E-state index in [1.165, 1.54) is 17.1 Å². The first-order chi connectivity index (χ1) is 13.9. The minimum absolute atomic E-state index is 0.0180.